The van der Waals surface area contributed by atoms with Gasteiger partial charge in [0.15, 0.2) is 11.4 Å². The number of rotatable bonds is 3. The lowest BCUT2D eigenvalue weighted by atomic mass is 9.41. The second kappa shape index (κ2) is 9.75. The molecule has 0 spiro atoms. The van der Waals surface area contributed by atoms with Crippen LogP contribution in [0.1, 0.15) is 74.7 Å². The highest BCUT2D eigenvalue weighted by molar-refractivity contribution is 5.88. The maximum Gasteiger partial charge on any atom is 0.338 e. The van der Waals surface area contributed by atoms with E-state index in [1.54, 1.807) is 6.92 Å². The number of epoxide rings is 1. The Bertz CT molecular complexity index is 1410. The van der Waals surface area contributed by atoms with Gasteiger partial charge in [0.25, 0.3) is 0 Å². The Kier molecular flexibility index (Phi) is 6.78. The lowest BCUT2D eigenvalue weighted by Gasteiger charge is -2.64. The quantitative estimate of drug-likeness (QED) is 0.259. The summed E-state index contributed by atoms with van der Waals surface area (Å²) in [5.41, 5.74) is -5.19. The first kappa shape index (κ1) is 32.0. The van der Waals surface area contributed by atoms with Crippen LogP contribution in [0.5, 0.6) is 0 Å². The predicted octanol–water partition coefficient (Wildman–Crippen LogP) is 1.75. The fraction of sp³-hybridized carbons (Fsp3) is 0.853. The van der Waals surface area contributed by atoms with Gasteiger partial charge in [-0.25, -0.2) is 4.79 Å². The summed E-state index contributed by atoms with van der Waals surface area (Å²) in [6.07, 6.45) is -4.22. The zero-order chi connectivity index (χ0) is 33.6. The lowest BCUT2D eigenvalue weighted by molar-refractivity contribution is -0.261. The van der Waals surface area contributed by atoms with Crippen LogP contribution in [0.4, 0.5) is 0 Å². The van der Waals surface area contributed by atoms with Gasteiger partial charge in [0, 0.05) is 55.8 Å². The number of esters is 4. The van der Waals surface area contributed by atoms with Gasteiger partial charge in [-0.3, -0.25) is 19.2 Å². The standard InChI is InChI=1S/C34H46O12/c1-12-9-19-33(7,34(8,41)30(40)46-19)24-21(12)32(6)23(27(24)42-13(2)35)20-22(28(43-14(3)36)29(32)44-15(4)37)31(5)11-18-17(45-18)10-16(31)25(38)26(20)39/h12,16-24,26-29,39,41H,9-11H2,1-8H3/t12-,16-,17+,18-,19?,20-,21+,22?,23-,24+,26-,27-,28+,29+,31+,32-,33+,34-/m1/s1. The molecule has 2 saturated heterocycles. The number of aliphatic hydroxyl groups excluding tert-OH is 1. The monoisotopic (exact) mass is 646 g/mol. The highest BCUT2D eigenvalue weighted by Crippen LogP contribution is 2.76. The van der Waals surface area contributed by atoms with Crippen molar-refractivity contribution >= 4 is 29.7 Å². The number of Topliss-reactive ketones (excluding diaryl/α,β-unsaturated/α-hetero) is 1. The normalized spacial score (nSPS) is 56.1. The van der Waals surface area contributed by atoms with Crippen LogP contribution in [0.15, 0.2) is 0 Å². The summed E-state index contributed by atoms with van der Waals surface area (Å²) in [7, 11) is 0. The van der Waals surface area contributed by atoms with Gasteiger partial charge in [-0.2, -0.15) is 0 Å². The van der Waals surface area contributed by atoms with E-state index >= 15 is 0 Å². The van der Waals surface area contributed by atoms with Gasteiger partial charge in [-0.15, -0.1) is 0 Å². The number of fused-ring (bicyclic) bond motifs is 10. The van der Waals surface area contributed by atoms with Crippen molar-refractivity contribution in [3.63, 3.8) is 0 Å². The van der Waals surface area contributed by atoms with Crippen LogP contribution in [0.3, 0.4) is 0 Å². The maximum absolute atomic E-state index is 14.3. The summed E-state index contributed by atoms with van der Waals surface area (Å²) in [6.45, 7) is 12.9. The van der Waals surface area contributed by atoms with E-state index in [1.165, 1.54) is 27.7 Å². The largest absolute Gasteiger partial charge is 0.462 e. The number of ether oxygens (including phenoxy) is 5. The Morgan fingerprint density at radius 1 is 0.826 bits per heavy atom. The zero-order valence-corrected chi connectivity index (χ0v) is 27.7. The molecule has 0 aromatic heterocycles. The summed E-state index contributed by atoms with van der Waals surface area (Å²) >= 11 is 0. The Labute approximate surface area is 268 Å². The summed E-state index contributed by atoms with van der Waals surface area (Å²) in [6, 6.07) is 0. The van der Waals surface area contributed by atoms with Crippen LogP contribution in [0.25, 0.3) is 0 Å². The first-order chi connectivity index (χ1) is 21.3. The van der Waals surface area contributed by atoms with Crippen LogP contribution in [-0.4, -0.2) is 88.2 Å². The highest BCUT2D eigenvalue weighted by Gasteiger charge is 2.83. The van der Waals surface area contributed by atoms with Crippen molar-refractivity contribution < 1.29 is 57.9 Å². The number of hydrogen-bond donors (Lipinski definition) is 2. The third kappa shape index (κ3) is 3.80. The molecular formula is C34H46O12. The topological polar surface area (TPSA) is 175 Å². The molecule has 5 saturated carbocycles. The maximum atomic E-state index is 14.3. The van der Waals surface area contributed by atoms with E-state index in [2.05, 4.69) is 0 Å². The number of ketones is 1. The van der Waals surface area contributed by atoms with Crippen molar-refractivity contribution in [2.45, 2.75) is 123 Å². The molecule has 0 aromatic carbocycles. The van der Waals surface area contributed by atoms with Crippen LogP contribution >= 0.6 is 0 Å². The van der Waals surface area contributed by atoms with E-state index in [0.29, 0.717) is 19.3 Å². The molecule has 0 bridgehead atoms. The van der Waals surface area contributed by atoms with Crippen LogP contribution < -0.4 is 0 Å². The number of carbonyl (C=O) groups is 5. The Hall–Kier alpha value is -2.57. The Morgan fingerprint density at radius 2 is 1.43 bits per heavy atom. The van der Waals surface area contributed by atoms with Gasteiger partial charge in [0.2, 0.25) is 0 Å². The first-order valence-corrected chi connectivity index (χ1v) is 16.6. The summed E-state index contributed by atoms with van der Waals surface area (Å²) in [5, 5.41) is 24.0. The average Bonchev–Trinajstić information content (AvgIpc) is 3.59. The molecule has 2 aliphatic heterocycles. The molecule has 12 heteroatoms. The van der Waals surface area contributed by atoms with Gasteiger partial charge in [0.05, 0.1) is 17.6 Å². The third-order valence-electron chi connectivity index (χ3n) is 14.1. The summed E-state index contributed by atoms with van der Waals surface area (Å²) in [5.74, 6) is -7.26. The van der Waals surface area contributed by atoms with E-state index in [0.717, 1.165) is 0 Å². The van der Waals surface area contributed by atoms with Crippen LogP contribution in [0, 0.1) is 57.7 Å². The van der Waals surface area contributed by atoms with Crippen LogP contribution in [0.2, 0.25) is 0 Å². The van der Waals surface area contributed by atoms with Crippen molar-refractivity contribution in [1.29, 1.82) is 0 Å². The van der Waals surface area contributed by atoms with E-state index in [1.807, 2.05) is 20.8 Å². The molecule has 0 aromatic rings. The molecule has 5 aliphatic carbocycles. The zero-order valence-electron chi connectivity index (χ0n) is 27.7. The molecule has 0 radical (unpaired) electrons. The smallest absolute Gasteiger partial charge is 0.338 e. The molecule has 18 atom stereocenters. The van der Waals surface area contributed by atoms with E-state index in [9.17, 15) is 34.2 Å². The Balaban J connectivity index is 1.51. The molecule has 254 valence electrons. The summed E-state index contributed by atoms with van der Waals surface area (Å²) in [4.78, 5) is 66.4. The van der Waals surface area contributed by atoms with Crippen molar-refractivity contribution in [2.24, 2.45) is 57.7 Å². The fourth-order valence-electron chi connectivity index (χ4n) is 12.4. The molecule has 7 rings (SSSR count). The highest BCUT2D eigenvalue weighted by atomic mass is 16.6. The van der Waals surface area contributed by atoms with Gasteiger partial charge in [0.1, 0.15) is 30.5 Å². The molecule has 0 amide bonds. The fourth-order valence-corrected chi connectivity index (χ4v) is 12.4. The van der Waals surface area contributed by atoms with Crippen LogP contribution in [-0.2, 0) is 47.7 Å². The Morgan fingerprint density at radius 3 is 2.04 bits per heavy atom. The van der Waals surface area contributed by atoms with E-state index in [-0.39, 0.29) is 23.9 Å². The second-order valence-electron chi connectivity index (χ2n) is 16.2. The molecule has 7 aliphatic rings. The number of aliphatic hydroxyl groups is 2. The molecule has 2 unspecified atom stereocenters. The van der Waals surface area contributed by atoms with E-state index < -0.39 is 112 Å². The van der Waals surface area contributed by atoms with Crippen molar-refractivity contribution in [2.75, 3.05) is 0 Å². The first-order valence-electron chi connectivity index (χ1n) is 16.6. The van der Waals surface area contributed by atoms with Gasteiger partial charge in [-0.1, -0.05) is 27.7 Å². The van der Waals surface area contributed by atoms with Crippen molar-refractivity contribution in [3.05, 3.63) is 0 Å². The van der Waals surface area contributed by atoms with Gasteiger partial charge < -0.3 is 33.9 Å². The lowest BCUT2D eigenvalue weighted by Crippen LogP contribution is -2.72. The molecule has 12 nitrogen and oxygen atoms in total. The molecular weight excluding hydrogens is 600 g/mol. The van der Waals surface area contributed by atoms with Gasteiger partial charge in [-0.05, 0) is 43.4 Å². The summed E-state index contributed by atoms with van der Waals surface area (Å²) < 4.78 is 30.4. The molecule has 7 fully saturated rings. The average molecular weight is 647 g/mol. The van der Waals surface area contributed by atoms with Gasteiger partial charge >= 0.3 is 23.9 Å². The minimum Gasteiger partial charge on any atom is -0.462 e. The molecule has 2 heterocycles. The SMILES string of the molecule is CC(=O)O[C@@H]1[C@H]2[C@H]3C([C@H](OC(C)=O)[C@H](OC(C)=O)[C@]2(C)[C@@H]2[C@@H]1[C@]1(C)C(C[C@H]2C)OC(=O)[C@@]1(C)O)[C@@]1(C)C[C@H]2O[C@H]2C[C@@H]1C(=O)[C@@H]3O. The predicted molar refractivity (Wildman–Crippen MR) is 155 cm³/mol. The number of hydrogen-bond acceptors (Lipinski definition) is 12. The molecule has 2 N–H and O–H groups in total. The molecule has 46 heavy (non-hydrogen) atoms. The van der Waals surface area contributed by atoms with Crippen molar-refractivity contribution in [3.8, 4) is 0 Å². The number of carbonyl (C=O) groups excluding carboxylic acids is 5. The minimum atomic E-state index is -1.96. The van der Waals surface area contributed by atoms with E-state index in [4.69, 9.17) is 23.7 Å². The minimum absolute atomic E-state index is 0.0842. The second-order valence-corrected chi connectivity index (χ2v) is 16.2. The van der Waals surface area contributed by atoms with Crippen molar-refractivity contribution in [1.82, 2.24) is 0 Å². The third-order valence-corrected chi connectivity index (χ3v) is 14.1.